The topological polar surface area (TPSA) is 45.0 Å². The molecule has 0 heterocycles. The zero-order valence-electron chi connectivity index (χ0n) is 11.7. The second-order valence-corrected chi connectivity index (χ2v) is 5.44. The molecule has 0 radical (unpaired) electrons. The van der Waals surface area contributed by atoms with E-state index in [1.807, 2.05) is 6.92 Å². The van der Waals surface area contributed by atoms with Crippen LogP contribution in [0.1, 0.15) is 24.1 Å². The summed E-state index contributed by atoms with van der Waals surface area (Å²) in [5.41, 5.74) is 1.53. The molecule has 0 spiro atoms. The third kappa shape index (κ3) is 3.34. The molecule has 5 heteroatoms. The molecule has 3 nitrogen and oxygen atoms in total. The molecule has 2 aromatic rings. The number of nitrogens with zero attached hydrogens (tertiary/aromatic N) is 1. The van der Waals surface area contributed by atoms with E-state index < -0.39 is 0 Å². The second-order valence-electron chi connectivity index (χ2n) is 4.53. The lowest BCUT2D eigenvalue weighted by Crippen LogP contribution is -2.10. The van der Waals surface area contributed by atoms with Crippen LogP contribution in [0.4, 0.5) is 10.1 Å². The van der Waals surface area contributed by atoms with Crippen LogP contribution in [0.2, 0.25) is 0 Å². The SMILES string of the molecule is COc1cccc(C#N)c1NC(C)c1cc(Br)ccc1F. The number of ether oxygens (including phenoxy) is 1. The Morgan fingerprint density at radius 2 is 2.10 bits per heavy atom. The minimum atomic E-state index is -0.314. The molecule has 2 aromatic carbocycles. The molecule has 21 heavy (non-hydrogen) atoms. The zero-order valence-corrected chi connectivity index (χ0v) is 13.2. The van der Waals surface area contributed by atoms with E-state index >= 15 is 0 Å². The molecular formula is C16H14BrFN2O. The molecule has 0 aliphatic rings. The summed E-state index contributed by atoms with van der Waals surface area (Å²) in [7, 11) is 1.53. The van der Waals surface area contributed by atoms with Crippen molar-refractivity contribution < 1.29 is 9.13 Å². The van der Waals surface area contributed by atoms with Gasteiger partial charge in [-0.1, -0.05) is 22.0 Å². The standard InChI is InChI=1S/C16H14BrFN2O/c1-10(13-8-12(17)6-7-14(13)18)20-16-11(9-19)4-3-5-15(16)21-2/h3-8,10,20H,1-2H3. The summed E-state index contributed by atoms with van der Waals surface area (Å²) >= 11 is 3.33. The Morgan fingerprint density at radius 3 is 2.76 bits per heavy atom. The first-order valence-corrected chi connectivity index (χ1v) is 7.14. The molecule has 2 rings (SSSR count). The molecule has 0 saturated heterocycles. The van der Waals surface area contributed by atoms with Gasteiger partial charge in [-0.05, 0) is 37.3 Å². The summed E-state index contributed by atoms with van der Waals surface area (Å²) in [5.74, 6) is 0.253. The largest absolute Gasteiger partial charge is 0.495 e. The highest BCUT2D eigenvalue weighted by molar-refractivity contribution is 9.10. The van der Waals surface area contributed by atoms with Crippen LogP contribution in [0.25, 0.3) is 0 Å². The van der Waals surface area contributed by atoms with Crippen LogP contribution in [0.3, 0.4) is 0 Å². The van der Waals surface area contributed by atoms with E-state index in [4.69, 9.17) is 4.74 Å². The maximum atomic E-state index is 13.9. The lowest BCUT2D eigenvalue weighted by Gasteiger charge is -2.19. The first-order valence-electron chi connectivity index (χ1n) is 6.35. The molecule has 1 unspecified atom stereocenters. The first kappa shape index (κ1) is 15.3. The van der Waals surface area contributed by atoms with Gasteiger partial charge in [-0.15, -0.1) is 0 Å². The summed E-state index contributed by atoms with van der Waals surface area (Å²) in [6, 6.07) is 11.8. The van der Waals surface area contributed by atoms with Crippen molar-refractivity contribution in [3.63, 3.8) is 0 Å². The highest BCUT2D eigenvalue weighted by Crippen LogP contribution is 2.32. The number of benzene rings is 2. The first-order chi connectivity index (χ1) is 10.1. The van der Waals surface area contributed by atoms with Crippen molar-refractivity contribution in [2.45, 2.75) is 13.0 Å². The smallest absolute Gasteiger partial charge is 0.143 e. The highest BCUT2D eigenvalue weighted by atomic mass is 79.9. The molecule has 0 amide bonds. The van der Waals surface area contributed by atoms with Gasteiger partial charge in [0.2, 0.25) is 0 Å². The molecule has 0 fully saturated rings. The summed E-state index contributed by atoms with van der Waals surface area (Å²) in [4.78, 5) is 0. The number of hydrogen-bond acceptors (Lipinski definition) is 3. The Labute approximate surface area is 131 Å². The van der Waals surface area contributed by atoms with Gasteiger partial charge in [-0.3, -0.25) is 0 Å². The number of halogens is 2. The summed E-state index contributed by atoms with van der Waals surface area (Å²) < 4.78 is 20.0. The van der Waals surface area contributed by atoms with Gasteiger partial charge in [0.1, 0.15) is 17.6 Å². The van der Waals surface area contributed by atoms with Crippen molar-refractivity contribution in [2.75, 3.05) is 12.4 Å². The number of hydrogen-bond donors (Lipinski definition) is 1. The van der Waals surface area contributed by atoms with Gasteiger partial charge in [-0.25, -0.2) is 4.39 Å². The van der Waals surface area contributed by atoms with E-state index in [1.54, 1.807) is 30.3 Å². The predicted molar refractivity (Wildman–Crippen MR) is 83.8 cm³/mol. The fraction of sp³-hybridized carbons (Fsp3) is 0.188. The molecule has 0 aliphatic carbocycles. The van der Waals surface area contributed by atoms with Crippen LogP contribution >= 0.6 is 15.9 Å². The minimum absolute atomic E-state index is 0.299. The van der Waals surface area contributed by atoms with Crippen LogP contribution < -0.4 is 10.1 Å². The van der Waals surface area contributed by atoms with E-state index in [2.05, 4.69) is 27.3 Å². The lowest BCUT2D eigenvalue weighted by atomic mass is 10.1. The maximum Gasteiger partial charge on any atom is 0.143 e. The number of para-hydroxylation sites is 1. The van der Waals surface area contributed by atoms with Gasteiger partial charge in [0.25, 0.3) is 0 Å². The molecule has 1 N–H and O–H groups in total. The predicted octanol–water partition coefficient (Wildman–Crippen LogP) is 4.64. The van der Waals surface area contributed by atoms with Crippen LogP contribution in [-0.2, 0) is 0 Å². The van der Waals surface area contributed by atoms with E-state index in [-0.39, 0.29) is 11.9 Å². The summed E-state index contributed by atoms with van der Waals surface area (Å²) in [6.07, 6.45) is 0. The average Bonchev–Trinajstić information content (AvgIpc) is 2.49. The van der Waals surface area contributed by atoms with Gasteiger partial charge in [0.15, 0.2) is 0 Å². The Morgan fingerprint density at radius 1 is 1.33 bits per heavy atom. The lowest BCUT2D eigenvalue weighted by molar-refractivity contribution is 0.416. The van der Waals surface area contributed by atoms with Crippen molar-refractivity contribution in [1.82, 2.24) is 0 Å². The van der Waals surface area contributed by atoms with Crippen molar-refractivity contribution in [2.24, 2.45) is 0 Å². The number of nitrogens with one attached hydrogen (secondary N) is 1. The average molecular weight is 349 g/mol. The van der Waals surface area contributed by atoms with Crippen molar-refractivity contribution in [1.29, 1.82) is 5.26 Å². The summed E-state index contributed by atoms with van der Waals surface area (Å²) in [6.45, 7) is 1.83. The normalized spacial score (nSPS) is 11.6. The van der Waals surface area contributed by atoms with Crippen LogP contribution in [0, 0.1) is 17.1 Å². The van der Waals surface area contributed by atoms with Crippen molar-refractivity contribution >= 4 is 21.6 Å². The van der Waals surface area contributed by atoms with E-state index in [0.717, 1.165) is 4.47 Å². The molecule has 0 aliphatic heterocycles. The van der Waals surface area contributed by atoms with Gasteiger partial charge in [-0.2, -0.15) is 5.26 Å². The third-order valence-corrected chi connectivity index (χ3v) is 3.65. The Bertz CT molecular complexity index is 697. The van der Waals surface area contributed by atoms with E-state index in [9.17, 15) is 9.65 Å². The molecule has 108 valence electrons. The van der Waals surface area contributed by atoms with Crippen molar-refractivity contribution in [3.8, 4) is 11.8 Å². The van der Waals surface area contributed by atoms with E-state index in [0.29, 0.717) is 22.6 Å². The molecule has 0 saturated carbocycles. The van der Waals surface area contributed by atoms with Crippen LogP contribution in [0.15, 0.2) is 40.9 Å². The van der Waals surface area contributed by atoms with Gasteiger partial charge < -0.3 is 10.1 Å². The zero-order chi connectivity index (χ0) is 15.4. The third-order valence-electron chi connectivity index (χ3n) is 3.15. The second kappa shape index (κ2) is 6.59. The van der Waals surface area contributed by atoms with Gasteiger partial charge >= 0.3 is 0 Å². The quantitative estimate of drug-likeness (QED) is 0.875. The monoisotopic (exact) mass is 348 g/mol. The number of anilines is 1. The number of methoxy groups -OCH3 is 1. The Kier molecular flexibility index (Phi) is 4.81. The minimum Gasteiger partial charge on any atom is -0.495 e. The maximum absolute atomic E-state index is 13.9. The number of rotatable bonds is 4. The summed E-state index contributed by atoms with van der Waals surface area (Å²) in [5, 5.41) is 12.4. The fourth-order valence-electron chi connectivity index (χ4n) is 2.08. The Balaban J connectivity index is 2.38. The van der Waals surface area contributed by atoms with Crippen LogP contribution in [-0.4, -0.2) is 7.11 Å². The van der Waals surface area contributed by atoms with Crippen molar-refractivity contribution in [3.05, 3.63) is 57.8 Å². The number of nitriles is 1. The molecule has 1 atom stereocenters. The van der Waals surface area contributed by atoms with Gasteiger partial charge in [0, 0.05) is 10.0 Å². The van der Waals surface area contributed by atoms with E-state index in [1.165, 1.54) is 13.2 Å². The van der Waals surface area contributed by atoms with Crippen LogP contribution in [0.5, 0.6) is 5.75 Å². The van der Waals surface area contributed by atoms with Gasteiger partial charge in [0.05, 0.1) is 24.4 Å². The molecule has 0 aromatic heterocycles. The fourth-order valence-corrected chi connectivity index (χ4v) is 2.46. The molecule has 0 bridgehead atoms. The highest BCUT2D eigenvalue weighted by Gasteiger charge is 2.16. The Hall–Kier alpha value is -2.06. The molecular weight excluding hydrogens is 335 g/mol.